The molecule has 1 unspecified atom stereocenters. The Balaban J connectivity index is 1.59. The van der Waals surface area contributed by atoms with Gasteiger partial charge in [0.15, 0.2) is 0 Å². The van der Waals surface area contributed by atoms with E-state index >= 15 is 0 Å². The molecule has 3 aromatic carbocycles. The van der Waals surface area contributed by atoms with Gasteiger partial charge in [-0.05, 0) is 66.8 Å². The minimum Gasteiger partial charge on any atom is -0.497 e. The number of hydrogen-bond donors (Lipinski definition) is 2. The first kappa shape index (κ1) is 25.4. The fourth-order valence-corrected chi connectivity index (χ4v) is 4.54. The molecular formula is C25H20Cl2N4O4S. The summed E-state index contributed by atoms with van der Waals surface area (Å²) in [6.07, 6.45) is -0.296. The number of para-hydroxylation sites is 1. The predicted molar refractivity (Wildman–Crippen MR) is 142 cm³/mol. The molecule has 184 valence electrons. The van der Waals surface area contributed by atoms with Crippen molar-refractivity contribution < 1.29 is 19.1 Å². The number of nitrogens with one attached hydrogen (secondary N) is 2. The number of halogens is 2. The SMILES string of the molecule is COc1ccc(C(=O)NN2C(=S)N(c3ccccc3)C(=O)C2CC(=O)Nc2cc(Cl)cc(Cl)c2)cc1. The van der Waals surface area contributed by atoms with Gasteiger partial charge in [0, 0.05) is 21.3 Å². The smallest absolute Gasteiger partial charge is 0.269 e. The standard InChI is InChI=1S/C25H20Cl2N4O4S/c1-35-20-9-7-15(8-10-20)23(33)29-31-21(14-22(32)28-18-12-16(26)11-17(27)13-18)24(34)30(25(31)36)19-5-3-2-4-6-19/h2-13,21H,14H2,1H3,(H,28,32)(H,29,33). The summed E-state index contributed by atoms with van der Waals surface area (Å²) in [5, 5.41) is 4.65. The largest absolute Gasteiger partial charge is 0.497 e. The number of carbonyl (C=O) groups is 3. The van der Waals surface area contributed by atoms with Gasteiger partial charge in [-0.2, -0.15) is 0 Å². The van der Waals surface area contributed by atoms with Gasteiger partial charge >= 0.3 is 0 Å². The number of amides is 3. The first-order valence-corrected chi connectivity index (χ1v) is 11.9. The van der Waals surface area contributed by atoms with Gasteiger partial charge in [0.05, 0.1) is 19.2 Å². The molecule has 1 atom stereocenters. The molecule has 2 N–H and O–H groups in total. The van der Waals surface area contributed by atoms with Gasteiger partial charge in [0.2, 0.25) is 11.0 Å². The van der Waals surface area contributed by atoms with E-state index in [-0.39, 0.29) is 11.5 Å². The Hall–Kier alpha value is -3.66. The fraction of sp³-hybridized carbons (Fsp3) is 0.120. The number of benzene rings is 3. The normalized spacial score (nSPS) is 15.1. The molecular weight excluding hydrogens is 523 g/mol. The summed E-state index contributed by atoms with van der Waals surface area (Å²) in [5.74, 6) is -0.868. The predicted octanol–water partition coefficient (Wildman–Crippen LogP) is 4.68. The van der Waals surface area contributed by atoms with Crippen molar-refractivity contribution in [3.8, 4) is 5.75 Å². The summed E-state index contributed by atoms with van der Waals surface area (Å²) in [4.78, 5) is 40.6. The van der Waals surface area contributed by atoms with E-state index in [1.165, 1.54) is 35.2 Å². The third-order valence-electron chi connectivity index (χ3n) is 5.33. The Morgan fingerprint density at radius 1 is 1.00 bits per heavy atom. The number of methoxy groups -OCH3 is 1. The van der Waals surface area contributed by atoms with Crippen LogP contribution in [0.3, 0.4) is 0 Å². The zero-order valence-corrected chi connectivity index (χ0v) is 21.2. The van der Waals surface area contributed by atoms with E-state index in [9.17, 15) is 14.4 Å². The molecule has 1 fully saturated rings. The summed E-state index contributed by atoms with van der Waals surface area (Å²) >= 11 is 17.6. The Kier molecular flexibility index (Phi) is 7.73. The van der Waals surface area contributed by atoms with E-state index in [0.29, 0.717) is 32.7 Å². The second-order valence-electron chi connectivity index (χ2n) is 7.76. The second-order valence-corrected chi connectivity index (χ2v) is 9.00. The number of anilines is 2. The summed E-state index contributed by atoms with van der Waals surface area (Å²) in [6, 6.07) is 18.7. The van der Waals surface area contributed by atoms with E-state index in [4.69, 9.17) is 40.2 Å². The molecule has 3 amide bonds. The molecule has 0 aliphatic carbocycles. The quantitative estimate of drug-likeness (QED) is 0.421. The van der Waals surface area contributed by atoms with Gasteiger partial charge < -0.3 is 10.1 Å². The maximum Gasteiger partial charge on any atom is 0.269 e. The molecule has 1 heterocycles. The highest BCUT2D eigenvalue weighted by atomic mass is 35.5. The first-order chi connectivity index (χ1) is 17.3. The van der Waals surface area contributed by atoms with Gasteiger partial charge in [-0.15, -0.1) is 0 Å². The number of carbonyl (C=O) groups excluding carboxylic acids is 3. The van der Waals surface area contributed by atoms with Crippen molar-refractivity contribution >= 4 is 69.6 Å². The zero-order chi connectivity index (χ0) is 25.8. The average molecular weight is 543 g/mol. The lowest BCUT2D eigenvalue weighted by atomic mass is 10.1. The molecule has 1 saturated heterocycles. The lowest BCUT2D eigenvalue weighted by molar-refractivity contribution is -0.124. The van der Waals surface area contributed by atoms with Crippen molar-refractivity contribution in [1.29, 1.82) is 0 Å². The minimum absolute atomic E-state index is 0.0386. The molecule has 0 spiro atoms. The molecule has 0 radical (unpaired) electrons. The maximum absolute atomic E-state index is 13.4. The number of ether oxygens (including phenoxy) is 1. The first-order valence-electron chi connectivity index (χ1n) is 10.7. The van der Waals surface area contributed by atoms with Crippen LogP contribution in [0.5, 0.6) is 5.75 Å². The molecule has 8 nitrogen and oxygen atoms in total. The van der Waals surface area contributed by atoms with Crippen molar-refractivity contribution in [2.45, 2.75) is 12.5 Å². The van der Waals surface area contributed by atoms with Crippen LogP contribution in [0, 0.1) is 0 Å². The van der Waals surface area contributed by atoms with Crippen molar-refractivity contribution in [3.05, 3.63) is 88.4 Å². The molecule has 36 heavy (non-hydrogen) atoms. The van der Waals surface area contributed by atoms with E-state index in [0.717, 1.165) is 0 Å². The van der Waals surface area contributed by atoms with Gasteiger partial charge in [-0.1, -0.05) is 41.4 Å². The molecule has 1 aliphatic rings. The topological polar surface area (TPSA) is 91.0 Å². The molecule has 1 aliphatic heterocycles. The summed E-state index contributed by atoms with van der Waals surface area (Å²) in [6.45, 7) is 0. The van der Waals surface area contributed by atoms with E-state index in [1.54, 1.807) is 54.6 Å². The third kappa shape index (κ3) is 5.59. The van der Waals surface area contributed by atoms with Crippen LogP contribution in [-0.2, 0) is 9.59 Å². The molecule has 4 rings (SSSR count). The lowest BCUT2D eigenvalue weighted by Crippen LogP contribution is -2.49. The van der Waals surface area contributed by atoms with E-state index in [2.05, 4.69) is 10.7 Å². The Labute approximate surface area is 222 Å². The zero-order valence-electron chi connectivity index (χ0n) is 18.9. The number of hydrazine groups is 1. The molecule has 0 bridgehead atoms. The highest BCUT2D eigenvalue weighted by molar-refractivity contribution is 7.80. The molecule has 3 aromatic rings. The van der Waals surface area contributed by atoms with E-state index < -0.39 is 23.8 Å². The van der Waals surface area contributed by atoms with Crippen LogP contribution < -0.4 is 20.4 Å². The van der Waals surface area contributed by atoms with E-state index in [1.807, 2.05) is 0 Å². The van der Waals surface area contributed by atoms with Crippen molar-refractivity contribution in [3.63, 3.8) is 0 Å². The number of thiocarbonyl (C=S) groups is 1. The summed E-state index contributed by atoms with van der Waals surface area (Å²) in [7, 11) is 1.52. The maximum atomic E-state index is 13.4. The third-order valence-corrected chi connectivity index (χ3v) is 6.14. The molecule has 0 saturated carbocycles. The number of rotatable bonds is 7. The number of nitrogens with zero attached hydrogens (tertiary/aromatic N) is 2. The average Bonchev–Trinajstić information content (AvgIpc) is 3.07. The van der Waals surface area contributed by atoms with Crippen LogP contribution in [0.25, 0.3) is 0 Å². The molecule has 11 heteroatoms. The van der Waals surface area contributed by atoms with Crippen molar-refractivity contribution in [2.75, 3.05) is 17.3 Å². The van der Waals surface area contributed by atoms with Crippen LogP contribution in [0.15, 0.2) is 72.8 Å². The van der Waals surface area contributed by atoms with Crippen LogP contribution >= 0.6 is 35.4 Å². The fourth-order valence-electron chi connectivity index (χ4n) is 3.64. The lowest BCUT2D eigenvalue weighted by Gasteiger charge is -2.24. The van der Waals surface area contributed by atoms with Gasteiger partial charge in [-0.25, -0.2) is 5.01 Å². The Morgan fingerprint density at radius 2 is 1.64 bits per heavy atom. The van der Waals surface area contributed by atoms with Crippen LogP contribution in [0.2, 0.25) is 10.0 Å². The Bertz CT molecular complexity index is 1300. The highest BCUT2D eigenvalue weighted by Crippen LogP contribution is 2.27. The van der Waals surface area contributed by atoms with Crippen LogP contribution in [0.1, 0.15) is 16.8 Å². The van der Waals surface area contributed by atoms with Crippen LogP contribution in [-0.4, -0.2) is 41.0 Å². The summed E-state index contributed by atoms with van der Waals surface area (Å²) in [5.41, 5.74) is 3.89. The second kappa shape index (κ2) is 10.9. The van der Waals surface area contributed by atoms with Crippen molar-refractivity contribution in [2.24, 2.45) is 0 Å². The molecule has 0 aromatic heterocycles. The van der Waals surface area contributed by atoms with Gasteiger partial charge in [0.25, 0.3) is 11.8 Å². The monoisotopic (exact) mass is 542 g/mol. The highest BCUT2D eigenvalue weighted by Gasteiger charge is 2.45. The number of hydrogen-bond acceptors (Lipinski definition) is 5. The van der Waals surface area contributed by atoms with Crippen LogP contribution in [0.4, 0.5) is 11.4 Å². The van der Waals surface area contributed by atoms with Gasteiger partial charge in [0.1, 0.15) is 11.8 Å². The van der Waals surface area contributed by atoms with Crippen molar-refractivity contribution in [1.82, 2.24) is 10.4 Å². The Morgan fingerprint density at radius 3 is 2.25 bits per heavy atom. The minimum atomic E-state index is -1.09. The summed E-state index contributed by atoms with van der Waals surface area (Å²) < 4.78 is 5.13. The van der Waals surface area contributed by atoms with Gasteiger partial charge in [-0.3, -0.25) is 24.7 Å².